The Labute approximate surface area is 113 Å². The van der Waals surface area contributed by atoms with Crippen LogP contribution in [0, 0.1) is 5.92 Å². The van der Waals surface area contributed by atoms with Crippen LogP contribution in [0.2, 0.25) is 0 Å². The zero-order valence-corrected chi connectivity index (χ0v) is 11.4. The molecular formula is C14H20N2O3. The Morgan fingerprint density at radius 3 is 2.79 bits per heavy atom. The van der Waals surface area contributed by atoms with Crippen LogP contribution in [-0.2, 0) is 4.79 Å². The van der Waals surface area contributed by atoms with Crippen LogP contribution < -0.4 is 20.5 Å². The second kappa shape index (κ2) is 5.82. The number of nitrogens with two attached hydrogens (primary N) is 1. The standard InChI is InChI=1S/C14H20N2O3/c1-3-4-9(2)5-14(17)16-11-7-13-12(6-10(11)15)18-8-19-13/h6-7,9H,3-5,8,15H2,1-2H3,(H,16,17). The highest BCUT2D eigenvalue weighted by molar-refractivity contribution is 5.94. The summed E-state index contributed by atoms with van der Waals surface area (Å²) in [6.45, 7) is 4.38. The van der Waals surface area contributed by atoms with Gasteiger partial charge in [-0.15, -0.1) is 0 Å². The molecule has 104 valence electrons. The highest BCUT2D eigenvalue weighted by Crippen LogP contribution is 2.38. The first-order valence-corrected chi connectivity index (χ1v) is 6.59. The topological polar surface area (TPSA) is 73.6 Å². The van der Waals surface area contributed by atoms with Crippen molar-refractivity contribution in [3.05, 3.63) is 12.1 Å². The van der Waals surface area contributed by atoms with Gasteiger partial charge in [-0.3, -0.25) is 4.79 Å². The highest BCUT2D eigenvalue weighted by atomic mass is 16.7. The molecule has 0 spiro atoms. The minimum Gasteiger partial charge on any atom is -0.454 e. The van der Waals surface area contributed by atoms with Gasteiger partial charge in [-0.1, -0.05) is 26.7 Å². The number of amides is 1. The monoisotopic (exact) mass is 264 g/mol. The average Bonchev–Trinajstić information content (AvgIpc) is 2.76. The molecule has 1 unspecified atom stereocenters. The molecule has 2 rings (SSSR count). The number of rotatable bonds is 5. The van der Waals surface area contributed by atoms with Crippen molar-refractivity contribution in [2.45, 2.75) is 33.1 Å². The maximum Gasteiger partial charge on any atom is 0.231 e. The quantitative estimate of drug-likeness (QED) is 0.802. The number of carbonyl (C=O) groups excluding carboxylic acids is 1. The van der Waals surface area contributed by atoms with Crippen LogP contribution >= 0.6 is 0 Å². The third-order valence-corrected chi connectivity index (χ3v) is 3.13. The SMILES string of the molecule is CCCC(C)CC(=O)Nc1cc2c(cc1N)OCO2. The van der Waals surface area contributed by atoms with Crippen molar-refractivity contribution in [3.8, 4) is 11.5 Å². The zero-order chi connectivity index (χ0) is 13.8. The number of nitrogen functional groups attached to an aromatic ring is 1. The van der Waals surface area contributed by atoms with E-state index in [-0.39, 0.29) is 12.7 Å². The second-order valence-corrected chi connectivity index (χ2v) is 4.94. The molecule has 0 saturated carbocycles. The summed E-state index contributed by atoms with van der Waals surface area (Å²) in [6.07, 6.45) is 2.63. The molecular weight excluding hydrogens is 244 g/mol. The first kappa shape index (κ1) is 13.5. The van der Waals surface area contributed by atoms with Gasteiger partial charge in [-0.2, -0.15) is 0 Å². The van der Waals surface area contributed by atoms with Gasteiger partial charge >= 0.3 is 0 Å². The maximum absolute atomic E-state index is 11.9. The van der Waals surface area contributed by atoms with Crippen molar-refractivity contribution in [2.75, 3.05) is 17.8 Å². The number of fused-ring (bicyclic) bond motifs is 1. The van der Waals surface area contributed by atoms with Crippen molar-refractivity contribution in [1.29, 1.82) is 0 Å². The summed E-state index contributed by atoms with van der Waals surface area (Å²) in [5.41, 5.74) is 6.95. The predicted octanol–water partition coefficient (Wildman–Crippen LogP) is 2.76. The van der Waals surface area contributed by atoms with Gasteiger partial charge in [0, 0.05) is 18.6 Å². The van der Waals surface area contributed by atoms with Crippen LogP contribution in [-0.4, -0.2) is 12.7 Å². The van der Waals surface area contributed by atoms with Crippen molar-refractivity contribution in [2.24, 2.45) is 5.92 Å². The van der Waals surface area contributed by atoms with E-state index in [0.717, 1.165) is 12.8 Å². The molecule has 0 fully saturated rings. The van der Waals surface area contributed by atoms with E-state index in [2.05, 4.69) is 19.2 Å². The average molecular weight is 264 g/mol. The number of benzene rings is 1. The lowest BCUT2D eigenvalue weighted by molar-refractivity contribution is -0.117. The molecule has 1 amide bonds. The molecule has 1 aliphatic heterocycles. The summed E-state index contributed by atoms with van der Waals surface area (Å²) in [6, 6.07) is 3.38. The number of nitrogens with one attached hydrogen (secondary N) is 1. The minimum absolute atomic E-state index is 0.0217. The highest BCUT2D eigenvalue weighted by Gasteiger charge is 2.17. The Morgan fingerprint density at radius 1 is 1.42 bits per heavy atom. The number of carbonyl (C=O) groups is 1. The van der Waals surface area contributed by atoms with E-state index in [1.165, 1.54) is 0 Å². The lowest BCUT2D eigenvalue weighted by atomic mass is 10.0. The van der Waals surface area contributed by atoms with Gasteiger partial charge in [-0.05, 0) is 5.92 Å². The summed E-state index contributed by atoms with van der Waals surface area (Å²) in [7, 11) is 0. The maximum atomic E-state index is 11.9. The van der Waals surface area contributed by atoms with Crippen LogP contribution in [0.3, 0.4) is 0 Å². The smallest absolute Gasteiger partial charge is 0.231 e. The largest absolute Gasteiger partial charge is 0.454 e. The molecule has 3 N–H and O–H groups in total. The summed E-state index contributed by atoms with van der Waals surface area (Å²) in [4.78, 5) is 11.9. The van der Waals surface area contributed by atoms with E-state index in [1.807, 2.05) is 0 Å². The van der Waals surface area contributed by atoms with Crippen molar-refractivity contribution < 1.29 is 14.3 Å². The molecule has 0 aliphatic carbocycles. The Bertz CT molecular complexity index is 474. The summed E-state index contributed by atoms with van der Waals surface area (Å²) in [5.74, 6) is 1.59. The predicted molar refractivity (Wildman–Crippen MR) is 74.3 cm³/mol. The minimum atomic E-state index is -0.0217. The Morgan fingerprint density at radius 2 is 2.11 bits per heavy atom. The Kier molecular flexibility index (Phi) is 4.14. The normalized spacial score (nSPS) is 14.2. The second-order valence-electron chi connectivity index (χ2n) is 4.94. The third-order valence-electron chi connectivity index (χ3n) is 3.13. The first-order valence-electron chi connectivity index (χ1n) is 6.59. The molecule has 5 heteroatoms. The van der Waals surface area contributed by atoms with Gasteiger partial charge in [0.2, 0.25) is 12.7 Å². The van der Waals surface area contributed by atoms with Gasteiger partial charge < -0.3 is 20.5 Å². The van der Waals surface area contributed by atoms with Gasteiger partial charge in [0.15, 0.2) is 11.5 Å². The summed E-state index contributed by atoms with van der Waals surface area (Å²) in [5, 5.41) is 2.83. The first-order chi connectivity index (χ1) is 9.10. The van der Waals surface area contributed by atoms with E-state index in [1.54, 1.807) is 12.1 Å². The van der Waals surface area contributed by atoms with Gasteiger partial charge in [0.05, 0.1) is 11.4 Å². The summed E-state index contributed by atoms with van der Waals surface area (Å²) < 4.78 is 10.5. The van der Waals surface area contributed by atoms with Crippen LogP contribution in [0.4, 0.5) is 11.4 Å². The van der Waals surface area contributed by atoms with E-state index in [0.29, 0.717) is 35.2 Å². The fourth-order valence-corrected chi connectivity index (χ4v) is 2.18. The molecule has 5 nitrogen and oxygen atoms in total. The molecule has 19 heavy (non-hydrogen) atoms. The van der Waals surface area contributed by atoms with Crippen molar-refractivity contribution in [3.63, 3.8) is 0 Å². The van der Waals surface area contributed by atoms with E-state index in [4.69, 9.17) is 15.2 Å². The number of hydrogen-bond donors (Lipinski definition) is 2. The molecule has 1 aromatic rings. The Balaban J connectivity index is 2.01. The molecule has 0 radical (unpaired) electrons. The molecule has 1 aromatic carbocycles. The van der Waals surface area contributed by atoms with Crippen molar-refractivity contribution in [1.82, 2.24) is 0 Å². The number of ether oxygens (including phenoxy) is 2. The lowest BCUT2D eigenvalue weighted by Crippen LogP contribution is -2.16. The number of hydrogen-bond acceptors (Lipinski definition) is 4. The van der Waals surface area contributed by atoms with Gasteiger partial charge in [0.25, 0.3) is 0 Å². The molecule has 0 saturated heterocycles. The van der Waals surface area contributed by atoms with E-state index >= 15 is 0 Å². The lowest BCUT2D eigenvalue weighted by Gasteiger charge is -2.12. The van der Waals surface area contributed by atoms with Crippen LogP contribution in [0.1, 0.15) is 33.1 Å². The van der Waals surface area contributed by atoms with E-state index < -0.39 is 0 Å². The molecule has 1 atom stereocenters. The molecule has 0 bridgehead atoms. The molecule has 1 aliphatic rings. The van der Waals surface area contributed by atoms with Crippen molar-refractivity contribution >= 4 is 17.3 Å². The van der Waals surface area contributed by atoms with Crippen LogP contribution in [0.5, 0.6) is 11.5 Å². The Hall–Kier alpha value is -1.91. The van der Waals surface area contributed by atoms with Gasteiger partial charge in [0.1, 0.15) is 0 Å². The van der Waals surface area contributed by atoms with Crippen LogP contribution in [0.25, 0.3) is 0 Å². The fourth-order valence-electron chi connectivity index (χ4n) is 2.18. The zero-order valence-electron chi connectivity index (χ0n) is 11.4. The number of anilines is 2. The van der Waals surface area contributed by atoms with E-state index in [9.17, 15) is 4.79 Å². The summed E-state index contributed by atoms with van der Waals surface area (Å²) >= 11 is 0. The fraction of sp³-hybridized carbons (Fsp3) is 0.500. The molecule has 1 heterocycles. The molecule has 0 aromatic heterocycles. The third kappa shape index (κ3) is 3.30. The van der Waals surface area contributed by atoms with Crippen LogP contribution in [0.15, 0.2) is 12.1 Å². The van der Waals surface area contributed by atoms with Gasteiger partial charge in [-0.25, -0.2) is 0 Å².